The zero-order chi connectivity index (χ0) is 38.6. The van der Waals surface area contributed by atoms with Crippen LogP contribution in [0.15, 0.2) is 207 Å². The number of fused-ring (bicyclic) bond motifs is 10. The largest absolute Gasteiger partial charge is 0.309 e. The van der Waals surface area contributed by atoms with Gasteiger partial charge in [0.15, 0.2) is 0 Å². The molecule has 2 heteroatoms. The fraction of sp³-hybridized carbons (Fsp3) is 0. The maximum atomic E-state index is 4.53. The van der Waals surface area contributed by atoms with E-state index in [9.17, 15) is 0 Å². The molecule has 2 aliphatic rings. The predicted molar refractivity (Wildman–Crippen MR) is 249 cm³/mol. The third-order valence-electron chi connectivity index (χ3n) is 12.8. The summed E-state index contributed by atoms with van der Waals surface area (Å²) >= 11 is 0. The number of hydrogen-bond donors (Lipinski definition) is 0. The lowest BCUT2D eigenvalue weighted by Gasteiger charge is -2.25. The van der Waals surface area contributed by atoms with Gasteiger partial charge in [-0.3, -0.25) is 4.98 Å². The van der Waals surface area contributed by atoms with Crippen LogP contribution in [0.2, 0.25) is 0 Å². The minimum absolute atomic E-state index is 1.01. The third-order valence-corrected chi connectivity index (χ3v) is 12.8. The molecule has 0 unspecified atom stereocenters. The summed E-state index contributed by atoms with van der Waals surface area (Å²) in [5.41, 5.74) is 18.7. The first-order valence-corrected chi connectivity index (χ1v) is 20.4. The maximum Gasteiger partial charge on any atom is 0.0644 e. The second-order valence-electron chi connectivity index (χ2n) is 15.8. The molecule has 2 aliphatic carbocycles. The van der Waals surface area contributed by atoms with Crippen LogP contribution in [0.1, 0.15) is 0 Å². The first kappa shape index (κ1) is 32.3. The van der Waals surface area contributed by atoms with Crippen LogP contribution in [0, 0.1) is 0 Å². The normalized spacial score (nSPS) is 12.1. The van der Waals surface area contributed by atoms with E-state index < -0.39 is 0 Å². The molecule has 1 aromatic heterocycles. The Kier molecular flexibility index (Phi) is 6.76. The van der Waals surface area contributed by atoms with Gasteiger partial charge < -0.3 is 4.90 Å². The molecule has 0 N–H and O–H groups in total. The molecule has 0 atom stereocenters. The third kappa shape index (κ3) is 4.66. The number of pyridine rings is 1. The lowest BCUT2D eigenvalue weighted by Crippen LogP contribution is -2.10. The van der Waals surface area contributed by atoms with Gasteiger partial charge in [-0.25, -0.2) is 0 Å². The summed E-state index contributed by atoms with van der Waals surface area (Å²) in [7, 11) is 0. The van der Waals surface area contributed by atoms with Gasteiger partial charge in [0, 0.05) is 17.6 Å². The van der Waals surface area contributed by atoms with Crippen LogP contribution in [-0.4, -0.2) is 4.98 Å². The first-order valence-electron chi connectivity index (χ1n) is 20.4. The van der Waals surface area contributed by atoms with Gasteiger partial charge in [-0.05, 0) is 146 Å². The van der Waals surface area contributed by atoms with E-state index in [0.29, 0.717) is 0 Å². The van der Waals surface area contributed by atoms with Gasteiger partial charge >= 0.3 is 0 Å². The summed E-state index contributed by atoms with van der Waals surface area (Å²) in [4.78, 5) is 6.83. The number of hydrogen-bond acceptors (Lipinski definition) is 2. The van der Waals surface area contributed by atoms with Crippen molar-refractivity contribution in [1.82, 2.24) is 4.98 Å². The standard InChI is InChI=1S/C57H34N2/c1-3-11-44-35(8-1)21-27-50-48-15-5-13-46-42(29-31-52(54(44)50)56(46)48)37-17-23-39(24-18-37)59(41-10-7-33-58-34-41)40-25-19-38(20-26-40)43-30-32-53-55-45-12-4-2-9-36(45)22-28-51(55)49-16-6-14-47(43)57(49)53/h1-34H. The summed E-state index contributed by atoms with van der Waals surface area (Å²) in [6, 6.07) is 71.6. The number of aromatic nitrogens is 1. The van der Waals surface area contributed by atoms with E-state index >= 15 is 0 Å². The highest BCUT2D eigenvalue weighted by Crippen LogP contribution is 2.53. The quantitative estimate of drug-likeness (QED) is 0.174. The van der Waals surface area contributed by atoms with E-state index in [1.807, 2.05) is 18.5 Å². The SMILES string of the molecule is c1cncc(N(c2ccc(-c3ccc4c5c(cccc35)-c3ccc5ccccc5c3-4)cc2)c2ccc(-c3ccc4c5c(cccc35)-c3ccc5ccccc5c3-4)cc2)c1. The topological polar surface area (TPSA) is 16.1 Å². The van der Waals surface area contributed by atoms with Gasteiger partial charge in [0.05, 0.1) is 11.9 Å². The van der Waals surface area contributed by atoms with Crippen LogP contribution < -0.4 is 4.90 Å². The Bertz CT molecular complexity index is 3310. The van der Waals surface area contributed by atoms with E-state index in [2.05, 4.69) is 198 Å². The van der Waals surface area contributed by atoms with Crippen molar-refractivity contribution in [2.24, 2.45) is 0 Å². The molecule has 13 rings (SSSR count). The van der Waals surface area contributed by atoms with Crippen molar-refractivity contribution in [2.75, 3.05) is 4.90 Å². The molecule has 0 spiro atoms. The lowest BCUT2D eigenvalue weighted by molar-refractivity contribution is 1.23. The van der Waals surface area contributed by atoms with Crippen molar-refractivity contribution in [3.05, 3.63) is 207 Å². The Labute approximate surface area is 341 Å². The summed E-state index contributed by atoms with van der Waals surface area (Å²) in [6.07, 6.45) is 3.78. The molecule has 2 nitrogen and oxygen atoms in total. The summed E-state index contributed by atoms with van der Waals surface area (Å²) in [5, 5.41) is 10.4. The van der Waals surface area contributed by atoms with E-state index in [0.717, 1.165) is 17.1 Å². The number of benzene rings is 10. The zero-order valence-electron chi connectivity index (χ0n) is 32.0. The van der Waals surface area contributed by atoms with E-state index in [-0.39, 0.29) is 0 Å². The Morgan fingerprint density at radius 3 is 1.24 bits per heavy atom. The van der Waals surface area contributed by atoms with Crippen molar-refractivity contribution in [3.63, 3.8) is 0 Å². The van der Waals surface area contributed by atoms with E-state index in [1.165, 1.54) is 110 Å². The molecule has 1 heterocycles. The molecule has 0 saturated carbocycles. The molecule has 0 saturated heterocycles. The highest BCUT2D eigenvalue weighted by molar-refractivity contribution is 6.24. The molecule has 11 aromatic rings. The fourth-order valence-electron chi connectivity index (χ4n) is 10.3. The van der Waals surface area contributed by atoms with Crippen molar-refractivity contribution < 1.29 is 0 Å². The van der Waals surface area contributed by atoms with Gasteiger partial charge in [0.25, 0.3) is 0 Å². The van der Waals surface area contributed by atoms with Gasteiger partial charge in [-0.1, -0.05) is 158 Å². The van der Waals surface area contributed by atoms with Crippen LogP contribution in [0.5, 0.6) is 0 Å². The molecule has 272 valence electrons. The molecule has 59 heavy (non-hydrogen) atoms. The monoisotopic (exact) mass is 746 g/mol. The molecular formula is C57H34N2. The van der Waals surface area contributed by atoms with Crippen molar-refractivity contribution in [2.45, 2.75) is 0 Å². The highest BCUT2D eigenvalue weighted by Gasteiger charge is 2.26. The average molecular weight is 747 g/mol. The number of anilines is 3. The predicted octanol–water partition coefficient (Wildman–Crippen LogP) is 15.8. The fourth-order valence-corrected chi connectivity index (χ4v) is 10.3. The van der Waals surface area contributed by atoms with Crippen molar-refractivity contribution >= 4 is 60.2 Å². The lowest BCUT2D eigenvalue weighted by atomic mass is 9.93. The Hall–Kier alpha value is -7.81. The van der Waals surface area contributed by atoms with Gasteiger partial charge in [0.1, 0.15) is 0 Å². The Morgan fingerprint density at radius 2 is 0.746 bits per heavy atom. The minimum Gasteiger partial charge on any atom is -0.309 e. The number of rotatable bonds is 5. The maximum absolute atomic E-state index is 4.53. The van der Waals surface area contributed by atoms with E-state index in [4.69, 9.17) is 0 Å². The first-order chi connectivity index (χ1) is 29.3. The second kappa shape index (κ2) is 12.3. The smallest absolute Gasteiger partial charge is 0.0644 e. The van der Waals surface area contributed by atoms with Crippen molar-refractivity contribution in [1.29, 1.82) is 0 Å². The summed E-state index contributed by atoms with van der Waals surface area (Å²) in [6.45, 7) is 0. The van der Waals surface area contributed by atoms with Crippen LogP contribution in [0.4, 0.5) is 17.1 Å². The second-order valence-corrected chi connectivity index (χ2v) is 15.8. The molecular weight excluding hydrogens is 713 g/mol. The molecule has 0 bridgehead atoms. The van der Waals surface area contributed by atoms with Gasteiger partial charge in [-0.2, -0.15) is 0 Å². The molecule has 0 amide bonds. The van der Waals surface area contributed by atoms with Crippen LogP contribution in [0.3, 0.4) is 0 Å². The Morgan fingerprint density at radius 1 is 0.288 bits per heavy atom. The molecule has 0 aliphatic heterocycles. The molecule has 0 fully saturated rings. The van der Waals surface area contributed by atoms with Crippen LogP contribution in [0.25, 0.3) is 110 Å². The van der Waals surface area contributed by atoms with E-state index in [1.54, 1.807) is 0 Å². The van der Waals surface area contributed by atoms with Crippen molar-refractivity contribution in [3.8, 4) is 66.8 Å². The molecule has 0 radical (unpaired) electrons. The average Bonchev–Trinajstić information content (AvgIpc) is 3.82. The zero-order valence-corrected chi connectivity index (χ0v) is 32.0. The number of nitrogens with zero attached hydrogens (tertiary/aromatic N) is 2. The van der Waals surface area contributed by atoms with Gasteiger partial charge in [-0.15, -0.1) is 0 Å². The van der Waals surface area contributed by atoms with Crippen LogP contribution in [-0.2, 0) is 0 Å². The highest BCUT2D eigenvalue weighted by atomic mass is 15.1. The summed E-state index contributed by atoms with van der Waals surface area (Å²) < 4.78 is 0. The Balaban J connectivity index is 0.878. The molecule has 10 aromatic carbocycles. The summed E-state index contributed by atoms with van der Waals surface area (Å²) in [5.74, 6) is 0. The van der Waals surface area contributed by atoms with Crippen LogP contribution >= 0.6 is 0 Å². The minimum atomic E-state index is 1.01. The van der Waals surface area contributed by atoms with Gasteiger partial charge in [0.2, 0.25) is 0 Å².